The van der Waals surface area contributed by atoms with Gasteiger partial charge in [0.05, 0.1) is 17.3 Å². The summed E-state index contributed by atoms with van der Waals surface area (Å²) in [6.07, 6.45) is 1.45. The summed E-state index contributed by atoms with van der Waals surface area (Å²) >= 11 is 6.20. The van der Waals surface area contributed by atoms with E-state index in [1.165, 1.54) is 6.08 Å². The van der Waals surface area contributed by atoms with Gasteiger partial charge in [0, 0.05) is 0 Å². The predicted octanol–water partition coefficient (Wildman–Crippen LogP) is 4.06. The monoisotopic (exact) mass is 384 g/mol. The second kappa shape index (κ2) is 8.47. The van der Waals surface area contributed by atoms with Crippen LogP contribution >= 0.6 is 11.6 Å². The van der Waals surface area contributed by atoms with Crippen molar-refractivity contribution < 1.29 is 19.0 Å². The average Bonchev–Trinajstić information content (AvgIpc) is 2.68. The fourth-order valence-corrected chi connectivity index (χ4v) is 2.84. The lowest BCUT2D eigenvalue weighted by molar-refractivity contribution is -0.112. The van der Waals surface area contributed by atoms with Crippen LogP contribution in [-0.4, -0.2) is 25.7 Å². The van der Waals surface area contributed by atoms with Gasteiger partial charge in [-0.3, -0.25) is 4.79 Å². The second-order valence-corrected chi connectivity index (χ2v) is 5.99. The Bertz CT molecular complexity index is 934. The average molecular weight is 385 g/mol. The van der Waals surface area contributed by atoms with Gasteiger partial charge in [-0.1, -0.05) is 23.7 Å². The lowest BCUT2D eigenvalue weighted by atomic mass is 10.1. The molecule has 0 atom stereocenters. The minimum absolute atomic E-state index is 0.0750. The van der Waals surface area contributed by atoms with Gasteiger partial charge in [-0.05, 0) is 42.8 Å². The molecule has 0 radical (unpaired) electrons. The number of ether oxygens (including phenoxy) is 3. The van der Waals surface area contributed by atoms with E-state index in [9.17, 15) is 10.1 Å². The molecule has 27 heavy (non-hydrogen) atoms. The van der Waals surface area contributed by atoms with Crippen molar-refractivity contribution in [3.63, 3.8) is 0 Å². The van der Waals surface area contributed by atoms with Crippen LogP contribution in [0.1, 0.15) is 12.5 Å². The molecule has 1 amide bonds. The molecule has 2 aromatic carbocycles. The van der Waals surface area contributed by atoms with Gasteiger partial charge < -0.3 is 19.5 Å². The Morgan fingerprint density at radius 3 is 2.89 bits per heavy atom. The summed E-state index contributed by atoms with van der Waals surface area (Å²) in [5, 5.41) is 12.5. The van der Waals surface area contributed by atoms with Crippen molar-refractivity contribution in [1.29, 1.82) is 5.26 Å². The highest BCUT2D eigenvalue weighted by Crippen LogP contribution is 2.38. The molecule has 0 bridgehead atoms. The highest BCUT2D eigenvalue weighted by molar-refractivity contribution is 6.32. The van der Waals surface area contributed by atoms with Gasteiger partial charge >= 0.3 is 0 Å². The molecule has 0 spiro atoms. The van der Waals surface area contributed by atoms with Crippen LogP contribution in [0.3, 0.4) is 0 Å². The van der Waals surface area contributed by atoms with E-state index in [0.717, 1.165) is 0 Å². The van der Waals surface area contributed by atoms with Crippen molar-refractivity contribution in [3.8, 4) is 23.3 Å². The Labute approximate surface area is 161 Å². The van der Waals surface area contributed by atoms with Crippen LogP contribution in [0.5, 0.6) is 17.2 Å². The Morgan fingerprint density at radius 2 is 2.11 bits per heavy atom. The van der Waals surface area contributed by atoms with E-state index in [-0.39, 0.29) is 5.57 Å². The highest BCUT2D eigenvalue weighted by atomic mass is 35.5. The minimum atomic E-state index is -0.546. The van der Waals surface area contributed by atoms with E-state index in [1.807, 2.05) is 13.0 Å². The molecule has 0 saturated carbocycles. The molecular formula is C20H17ClN2O4. The van der Waals surface area contributed by atoms with Crippen LogP contribution in [0, 0.1) is 11.3 Å². The molecule has 1 aliphatic rings. The molecule has 1 heterocycles. The maximum absolute atomic E-state index is 12.5. The number of benzene rings is 2. The van der Waals surface area contributed by atoms with Crippen LogP contribution in [0.15, 0.2) is 42.0 Å². The summed E-state index contributed by atoms with van der Waals surface area (Å²) in [4.78, 5) is 12.5. The number of rotatable bonds is 5. The minimum Gasteiger partial charge on any atom is -0.492 e. The highest BCUT2D eigenvalue weighted by Gasteiger charge is 2.18. The lowest BCUT2D eigenvalue weighted by Gasteiger charge is -2.19. The van der Waals surface area contributed by atoms with Gasteiger partial charge in [-0.2, -0.15) is 5.26 Å². The van der Waals surface area contributed by atoms with E-state index >= 15 is 0 Å². The number of hydrogen-bond acceptors (Lipinski definition) is 5. The SMILES string of the molecule is CCOc1ccccc1NC(=O)/C(C#N)=C/c1cc(Cl)c2c(c1)OCCO2. The number of carbonyl (C=O) groups excluding carboxylic acids is 1. The standard InChI is InChI=1S/C20H17ClN2O4/c1-2-25-17-6-4-3-5-16(17)23-20(24)14(12-22)9-13-10-15(21)19-18(11-13)26-7-8-27-19/h3-6,9-11H,2,7-8H2,1H3,(H,23,24)/b14-9+. The molecule has 0 unspecified atom stereocenters. The largest absolute Gasteiger partial charge is 0.492 e. The molecule has 138 valence electrons. The molecule has 7 heteroatoms. The molecule has 0 aliphatic carbocycles. The van der Waals surface area contributed by atoms with Crippen molar-refractivity contribution in [2.24, 2.45) is 0 Å². The van der Waals surface area contributed by atoms with Crippen molar-refractivity contribution >= 4 is 29.3 Å². The molecule has 0 fully saturated rings. The first-order chi connectivity index (χ1) is 13.1. The molecule has 3 rings (SSSR count). The topological polar surface area (TPSA) is 80.6 Å². The van der Waals surface area contributed by atoms with Gasteiger partial charge in [-0.15, -0.1) is 0 Å². The third-order valence-corrected chi connectivity index (χ3v) is 4.01. The maximum atomic E-state index is 12.5. The van der Waals surface area contributed by atoms with E-state index in [0.29, 0.717) is 53.3 Å². The number of nitrogens with one attached hydrogen (secondary N) is 1. The second-order valence-electron chi connectivity index (χ2n) is 5.58. The number of hydrogen-bond donors (Lipinski definition) is 1. The lowest BCUT2D eigenvalue weighted by Crippen LogP contribution is -2.16. The van der Waals surface area contributed by atoms with Crippen LogP contribution in [-0.2, 0) is 4.79 Å². The fraction of sp³-hybridized carbons (Fsp3) is 0.200. The van der Waals surface area contributed by atoms with Gasteiger partial charge in [0.15, 0.2) is 11.5 Å². The van der Waals surface area contributed by atoms with Crippen LogP contribution < -0.4 is 19.5 Å². The van der Waals surface area contributed by atoms with E-state index in [1.54, 1.807) is 36.4 Å². The summed E-state index contributed by atoms with van der Waals surface area (Å²) < 4.78 is 16.5. The molecular weight excluding hydrogens is 368 g/mol. The number of nitriles is 1. The van der Waals surface area contributed by atoms with Gasteiger partial charge in [-0.25, -0.2) is 0 Å². The number of nitrogens with zero attached hydrogens (tertiary/aromatic N) is 1. The molecule has 1 N–H and O–H groups in total. The van der Waals surface area contributed by atoms with Crippen molar-refractivity contribution in [2.45, 2.75) is 6.92 Å². The fourth-order valence-electron chi connectivity index (χ4n) is 2.57. The Balaban J connectivity index is 1.86. The number of anilines is 1. The van der Waals surface area contributed by atoms with Crippen LogP contribution in [0.25, 0.3) is 6.08 Å². The predicted molar refractivity (Wildman–Crippen MR) is 102 cm³/mol. The van der Waals surface area contributed by atoms with Crippen molar-refractivity contribution in [2.75, 3.05) is 25.1 Å². The summed E-state index contributed by atoms with van der Waals surface area (Å²) in [6.45, 7) is 3.15. The van der Waals surface area contributed by atoms with Gasteiger partial charge in [0.25, 0.3) is 5.91 Å². The summed E-state index contributed by atoms with van der Waals surface area (Å²) in [7, 11) is 0. The number of para-hydroxylation sites is 2. The summed E-state index contributed by atoms with van der Waals surface area (Å²) in [5.74, 6) is 0.941. The van der Waals surface area contributed by atoms with Crippen molar-refractivity contribution in [1.82, 2.24) is 0 Å². The first-order valence-electron chi connectivity index (χ1n) is 8.36. The smallest absolute Gasteiger partial charge is 0.266 e. The molecule has 1 aliphatic heterocycles. The van der Waals surface area contributed by atoms with Gasteiger partial charge in [0.1, 0.15) is 30.6 Å². The molecule has 6 nitrogen and oxygen atoms in total. The molecule has 0 saturated heterocycles. The number of amides is 1. The number of halogens is 1. The third kappa shape index (κ3) is 4.33. The number of carbonyl (C=O) groups is 1. The summed E-state index contributed by atoms with van der Waals surface area (Å²) in [5.41, 5.74) is 0.980. The van der Waals surface area contributed by atoms with Crippen LogP contribution in [0.2, 0.25) is 5.02 Å². The number of fused-ring (bicyclic) bond motifs is 1. The first-order valence-corrected chi connectivity index (χ1v) is 8.74. The Morgan fingerprint density at radius 1 is 1.33 bits per heavy atom. The zero-order valence-corrected chi connectivity index (χ0v) is 15.4. The zero-order valence-electron chi connectivity index (χ0n) is 14.6. The van der Waals surface area contributed by atoms with Crippen LogP contribution in [0.4, 0.5) is 5.69 Å². The van der Waals surface area contributed by atoms with E-state index < -0.39 is 5.91 Å². The Hall–Kier alpha value is -3.17. The first kappa shape index (κ1) is 18.6. The van der Waals surface area contributed by atoms with E-state index in [4.69, 9.17) is 25.8 Å². The normalized spacial score (nSPS) is 12.9. The summed E-state index contributed by atoms with van der Waals surface area (Å²) in [6, 6.07) is 12.2. The van der Waals surface area contributed by atoms with Crippen molar-refractivity contribution in [3.05, 3.63) is 52.6 Å². The zero-order chi connectivity index (χ0) is 19.2. The molecule has 2 aromatic rings. The van der Waals surface area contributed by atoms with E-state index in [2.05, 4.69) is 5.32 Å². The third-order valence-electron chi connectivity index (χ3n) is 3.73. The Kier molecular flexibility index (Phi) is 5.84. The quantitative estimate of drug-likeness (QED) is 0.621. The van der Waals surface area contributed by atoms with Gasteiger partial charge in [0.2, 0.25) is 0 Å². The maximum Gasteiger partial charge on any atom is 0.266 e. The molecule has 0 aromatic heterocycles.